The first kappa shape index (κ1) is 27.1. The van der Waals surface area contributed by atoms with Gasteiger partial charge >= 0.3 is 5.97 Å². The molecule has 1 saturated heterocycles. The average molecular weight is 520 g/mol. The van der Waals surface area contributed by atoms with Crippen LogP contribution >= 0.6 is 21.6 Å². The van der Waals surface area contributed by atoms with Crippen LogP contribution in [0, 0.1) is 0 Å². The zero-order valence-corrected chi connectivity index (χ0v) is 21.3. The highest BCUT2D eigenvalue weighted by Gasteiger charge is 2.28. The van der Waals surface area contributed by atoms with Crippen molar-refractivity contribution in [2.24, 2.45) is 0 Å². The van der Waals surface area contributed by atoms with Crippen molar-refractivity contribution in [3.8, 4) is 0 Å². The van der Waals surface area contributed by atoms with Crippen LogP contribution in [0.5, 0.6) is 0 Å². The molecule has 2 bridgehead atoms. The minimum atomic E-state index is -0.876. The monoisotopic (exact) mass is 519 g/mol. The number of ether oxygens (including phenoxy) is 1. The molecule has 3 amide bonds. The number of benzene rings is 1. The van der Waals surface area contributed by atoms with Crippen molar-refractivity contribution < 1.29 is 23.9 Å². The third-order valence-corrected chi connectivity index (χ3v) is 8.08. The maximum atomic E-state index is 13.3. The van der Waals surface area contributed by atoms with Gasteiger partial charge in [0.05, 0.1) is 6.42 Å². The summed E-state index contributed by atoms with van der Waals surface area (Å²) in [4.78, 5) is 51.5. The van der Waals surface area contributed by atoms with Crippen LogP contribution in [0.2, 0.25) is 0 Å². The molecule has 0 spiro atoms. The Hall–Kier alpha value is -2.46. The SMILES string of the molecule is O=C1C[C@H]2C=CCCSSC[C@@H](NC(=O)[C@@H](Cc3ccccc3)N1)C(=O)NCCCCCC(=O)O2. The summed E-state index contributed by atoms with van der Waals surface area (Å²) in [5.41, 5.74) is 0.880. The minimum absolute atomic E-state index is 0.0768. The molecule has 1 fully saturated rings. The summed E-state index contributed by atoms with van der Waals surface area (Å²) < 4.78 is 5.59. The minimum Gasteiger partial charge on any atom is -0.458 e. The Labute approximate surface area is 214 Å². The van der Waals surface area contributed by atoms with Gasteiger partial charge in [0.15, 0.2) is 0 Å². The first-order valence-corrected chi connectivity index (χ1v) is 14.5. The molecule has 1 aromatic rings. The zero-order chi connectivity index (χ0) is 24.9. The lowest BCUT2D eigenvalue weighted by Crippen LogP contribution is -2.55. The van der Waals surface area contributed by atoms with E-state index in [2.05, 4.69) is 16.0 Å². The van der Waals surface area contributed by atoms with Gasteiger partial charge in [-0.05, 0) is 30.9 Å². The molecule has 190 valence electrons. The lowest BCUT2D eigenvalue weighted by Gasteiger charge is -2.23. The van der Waals surface area contributed by atoms with E-state index >= 15 is 0 Å². The number of hydrogen-bond acceptors (Lipinski definition) is 7. The van der Waals surface area contributed by atoms with Crippen LogP contribution in [0.25, 0.3) is 0 Å². The molecule has 35 heavy (non-hydrogen) atoms. The van der Waals surface area contributed by atoms with E-state index in [-0.39, 0.29) is 31.1 Å². The molecule has 8 nitrogen and oxygen atoms in total. The molecule has 10 heteroatoms. The topological polar surface area (TPSA) is 114 Å². The fourth-order valence-corrected chi connectivity index (χ4v) is 5.93. The van der Waals surface area contributed by atoms with Crippen molar-refractivity contribution in [2.75, 3.05) is 18.1 Å². The second-order valence-corrected chi connectivity index (χ2v) is 11.2. The molecule has 1 aromatic carbocycles. The molecule has 0 unspecified atom stereocenters. The van der Waals surface area contributed by atoms with Crippen LogP contribution in [-0.4, -0.2) is 59.9 Å². The molecular weight excluding hydrogens is 486 g/mol. The number of fused-ring (bicyclic) bond motifs is 7. The molecule has 0 radical (unpaired) electrons. The van der Waals surface area contributed by atoms with Crippen LogP contribution in [-0.2, 0) is 30.3 Å². The summed E-state index contributed by atoms with van der Waals surface area (Å²) in [5.74, 6) is -0.219. The van der Waals surface area contributed by atoms with Crippen molar-refractivity contribution in [3.63, 3.8) is 0 Å². The smallest absolute Gasteiger partial charge is 0.306 e. The van der Waals surface area contributed by atoms with E-state index in [4.69, 9.17) is 4.74 Å². The Morgan fingerprint density at radius 1 is 0.943 bits per heavy atom. The van der Waals surface area contributed by atoms with E-state index in [1.54, 1.807) is 16.9 Å². The number of carbonyl (C=O) groups is 4. The molecule has 0 aliphatic carbocycles. The third kappa shape index (κ3) is 9.97. The highest BCUT2D eigenvalue weighted by Crippen LogP contribution is 2.23. The lowest BCUT2D eigenvalue weighted by atomic mass is 10.0. The van der Waals surface area contributed by atoms with Crippen molar-refractivity contribution in [2.45, 2.75) is 63.1 Å². The Bertz CT molecular complexity index is 896. The summed E-state index contributed by atoms with van der Waals surface area (Å²) in [5, 5.41) is 8.57. The van der Waals surface area contributed by atoms with Gasteiger partial charge in [0.2, 0.25) is 17.7 Å². The Morgan fingerprint density at radius 2 is 1.77 bits per heavy atom. The zero-order valence-electron chi connectivity index (χ0n) is 19.7. The summed E-state index contributed by atoms with van der Waals surface area (Å²) >= 11 is 0. The molecule has 3 N–H and O–H groups in total. The van der Waals surface area contributed by atoms with Crippen LogP contribution < -0.4 is 16.0 Å². The van der Waals surface area contributed by atoms with Gasteiger partial charge in [-0.2, -0.15) is 0 Å². The van der Waals surface area contributed by atoms with Crippen LogP contribution in [0.1, 0.15) is 44.1 Å². The Morgan fingerprint density at radius 3 is 2.60 bits per heavy atom. The van der Waals surface area contributed by atoms with Gasteiger partial charge in [0.1, 0.15) is 18.2 Å². The molecule has 2 aliphatic heterocycles. The normalized spacial score (nSPS) is 25.9. The first-order valence-electron chi connectivity index (χ1n) is 12.0. The van der Waals surface area contributed by atoms with Gasteiger partial charge in [-0.25, -0.2) is 0 Å². The molecule has 2 heterocycles. The second kappa shape index (κ2) is 14.8. The summed E-state index contributed by atoms with van der Waals surface area (Å²) in [7, 11) is 3.14. The molecule has 0 saturated carbocycles. The highest BCUT2D eigenvalue weighted by molar-refractivity contribution is 8.76. The molecular formula is C25H33N3O5S2. The van der Waals surface area contributed by atoms with Gasteiger partial charge in [0.25, 0.3) is 0 Å². The first-order chi connectivity index (χ1) is 17.0. The van der Waals surface area contributed by atoms with E-state index in [1.807, 2.05) is 36.4 Å². The standard InChI is InChI=1S/C25H33N3O5S2/c29-22-16-19-11-6-8-14-34-35-17-21(24(31)26-13-7-2-5-12-23(30)33-19)28-25(32)20(27-22)15-18-9-3-1-4-10-18/h1,3-4,6,9-11,19-21H,2,5,7-8,12-17H2,(H,26,31)(H,27,29)(H,28,32)/t19-,20-,21-/m1/s1. The predicted molar refractivity (Wildman–Crippen MR) is 139 cm³/mol. The maximum Gasteiger partial charge on any atom is 0.306 e. The highest BCUT2D eigenvalue weighted by atomic mass is 33.1. The van der Waals surface area contributed by atoms with Crippen LogP contribution in [0.15, 0.2) is 42.5 Å². The van der Waals surface area contributed by atoms with Crippen molar-refractivity contribution in [1.82, 2.24) is 16.0 Å². The van der Waals surface area contributed by atoms with E-state index in [0.29, 0.717) is 18.7 Å². The Balaban J connectivity index is 1.88. The number of nitrogens with one attached hydrogen (secondary N) is 3. The molecule has 0 aromatic heterocycles. The largest absolute Gasteiger partial charge is 0.458 e. The van der Waals surface area contributed by atoms with Crippen molar-refractivity contribution in [3.05, 3.63) is 48.0 Å². The van der Waals surface area contributed by atoms with Crippen molar-refractivity contribution in [1.29, 1.82) is 0 Å². The third-order valence-electron chi connectivity index (χ3n) is 5.63. The van der Waals surface area contributed by atoms with E-state index in [9.17, 15) is 19.2 Å². The number of amides is 3. The van der Waals surface area contributed by atoms with Gasteiger partial charge in [-0.1, -0.05) is 64.4 Å². The lowest BCUT2D eigenvalue weighted by molar-refractivity contribution is -0.148. The number of esters is 1. The van der Waals surface area contributed by atoms with Gasteiger partial charge < -0.3 is 20.7 Å². The second-order valence-electron chi connectivity index (χ2n) is 8.53. The van der Waals surface area contributed by atoms with Crippen molar-refractivity contribution >= 4 is 45.3 Å². The molecule has 3 atom stereocenters. The fraction of sp³-hybridized carbons (Fsp3) is 0.520. The number of hydrogen-bond donors (Lipinski definition) is 3. The van der Waals surface area contributed by atoms with Gasteiger partial charge in [0, 0.05) is 30.9 Å². The van der Waals surface area contributed by atoms with E-state index in [1.165, 1.54) is 10.8 Å². The van der Waals surface area contributed by atoms with Gasteiger partial charge in [-0.15, -0.1) is 0 Å². The number of rotatable bonds is 2. The van der Waals surface area contributed by atoms with E-state index in [0.717, 1.165) is 30.6 Å². The van der Waals surface area contributed by atoms with Crippen LogP contribution in [0.3, 0.4) is 0 Å². The fourth-order valence-electron chi connectivity index (χ4n) is 3.77. The summed E-state index contributed by atoms with van der Waals surface area (Å²) in [6, 6.07) is 7.79. The summed E-state index contributed by atoms with van der Waals surface area (Å²) in [6.07, 6.45) is 6.28. The van der Waals surface area contributed by atoms with Crippen LogP contribution in [0.4, 0.5) is 0 Å². The molecule has 3 rings (SSSR count). The molecule has 2 aliphatic rings. The quantitative estimate of drug-likeness (QED) is 0.313. The summed E-state index contributed by atoms with van der Waals surface area (Å²) in [6.45, 7) is 0.466. The Kier molecular flexibility index (Phi) is 11.5. The predicted octanol–water partition coefficient (Wildman–Crippen LogP) is 2.53. The number of carbonyl (C=O) groups excluding carboxylic acids is 4. The van der Waals surface area contributed by atoms with E-state index < -0.39 is 30.0 Å². The van der Waals surface area contributed by atoms with Gasteiger partial charge in [-0.3, -0.25) is 19.2 Å². The maximum absolute atomic E-state index is 13.3. The average Bonchev–Trinajstić information content (AvgIpc) is 2.84. The number of allylic oxidation sites excluding steroid dienone is 1.